The average molecular weight is 429 g/mol. The van der Waals surface area contributed by atoms with E-state index in [9.17, 15) is 9.18 Å². The summed E-state index contributed by atoms with van der Waals surface area (Å²) in [6.45, 7) is 6.75. The van der Waals surface area contributed by atoms with Crippen LogP contribution in [0.4, 0.5) is 4.39 Å². The molecule has 1 aliphatic carbocycles. The Morgan fingerprint density at radius 3 is 2.90 bits per heavy atom. The predicted octanol–water partition coefficient (Wildman–Crippen LogP) is 3.09. The number of carbonyl (C=O) groups is 1. The molecule has 2 aromatic rings. The summed E-state index contributed by atoms with van der Waals surface area (Å²) < 4.78 is 15.8. The highest BCUT2D eigenvalue weighted by Crippen LogP contribution is 2.27. The summed E-state index contributed by atoms with van der Waals surface area (Å²) in [5.41, 5.74) is 3.59. The molecule has 1 amide bonds. The Bertz CT molecular complexity index is 907. The number of nitrogens with zero attached hydrogens (tertiary/aromatic N) is 3. The van der Waals surface area contributed by atoms with Crippen molar-refractivity contribution >= 4 is 17.7 Å². The Morgan fingerprint density at radius 2 is 2.13 bits per heavy atom. The molecule has 2 heterocycles. The number of carbonyl (C=O) groups excluding carboxylic acids is 1. The van der Waals surface area contributed by atoms with Gasteiger partial charge in [-0.15, -0.1) is 6.58 Å². The number of nitrogens with one attached hydrogen (secondary N) is 1. The average Bonchev–Trinajstić information content (AvgIpc) is 3.13. The van der Waals surface area contributed by atoms with Crippen LogP contribution in [0.25, 0.3) is 0 Å². The number of rotatable bonds is 7. The molecule has 1 aromatic heterocycles. The Balaban J connectivity index is 1.46. The monoisotopic (exact) mass is 428 g/mol. The van der Waals surface area contributed by atoms with Crippen molar-refractivity contribution in [2.45, 2.75) is 38.3 Å². The van der Waals surface area contributed by atoms with Crippen molar-refractivity contribution in [2.75, 3.05) is 31.1 Å². The lowest BCUT2D eigenvalue weighted by Gasteiger charge is -2.27. The molecule has 0 spiro atoms. The van der Waals surface area contributed by atoms with E-state index in [0.29, 0.717) is 25.2 Å². The van der Waals surface area contributed by atoms with Crippen LogP contribution in [0.5, 0.6) is 0 Å². The normalized spacial score (nSPS) is 18.8. The quantitative estimate of drug-likeness (QED) is 0.689. The van der Waals surface area contributed by atoms with Gasteiger partial charge in [0.25, 0.3) is 5.91 Å². The number of thioether (sulfide) groups is 1. The molecular formula is C23H29FN4OS. The highest BCUT2D eigenvalue weighted by molar-refractivity contribution is 7.99. The van der Waals surface area contributed by atoms with Crippen molar-refractivity contribution in [2.24, 2.45) is 0 Å². The minimum absolute atomic E-state index is 0.0568. The van der Waals surface area contributed by atoms with Crippen molar-refractivity contribution in [3.05, 3.63) is 65.3 Å². The number of amides is 1. The molecule has 1 N–H and O–H groups in total. The summed E-state index contributed by atoms with van der Waals surface area (Å²) in [5, 5.41) is 8.27. The Kier molecular flexibility index (Phi) is 6.89. The van der Waals surface area contributed by atoms with Crippen LogP contribution in [-0.4, -0.2) is 57.8 Å². The highest BCUT2D eigenvalue weighted by Gasteiger charge is 2.31. The lowest BCUT2D eigenvalue weighted by molar-refractivity contribution is 0.0764. The Morgan fingerprint density at radius 1 is 1.33 bits per heavy atom. The van der Waals surface area contributed by atoms with Crippen LogP contribution in [0.1, 0.15) is 33.7 Å². The fourth-order valence-corrected chi connectivity index (χ4v) is 5.24. The topological polar surface area (TPSA) is 50.2 Å². The molecule has 0 bridgehead atoms. The molecule has 4 rings (SSSR count). The third-order valence-corrected chi connectivity index (χ3v) is 6.88. The standard InChI is InChI=1S/C23H29FN4OS/c1-2-11-28-21-8-7-18(25-10-9-17-5-3-4-6-20(17)24)16-19(21)22(26-28)23(29)27-12-14-30-15-13-27/h2-6,18,25H,1,7-16H2/t18-/m1/s1. The molecule has 1 saturated heterocycles. The first-order chi connectivity index (χ1) is 14.7. The van der Waals surface area contributed by atoms with Crippen LogP contribution >= 0.6 is 11.8 Å². The summed E-state index contributed by atoms with van der Waals surface area (Å²) in [4.78, 5) is 15.1. The fraction of sp³-hybridized carbons (Fsp3) is 0.478. The molecule has 0 unspecified atom stereocenters. The molecule has 5 nitrogen and oxygen atoms in total. The van der Waals surface area contributed by atoms with Crippen molar-refractivity contribution in [3.8, 4) is 0 Å². The molecule has 2 aliphatic rings. The van der Waals surface area contributed by atoms with E-state index in [4.69, 9.17) is 5.10 Å². The van der Waals surface area contributed by atoms with Crippen LogP contribution in [0, 0.1) is 5.82 Å². The third kappa shape index (κ3) is 4.62. The number of fused-ring (bicyclic) bond motifs is 1. The van der Waals surface area contributed by atoms with E-state index in [2.05, 4.69) is 11.9 Å². The molecule has 1 fully saturated rings. The van der Waals surface area contributed by atoms with Gasteiger partial charge in [0.15, 0.2) is 5.69 Å². The summed E-state index contributed by atoms with van der Waals surface area (Å²) in [6.07, 6.45) is 5.14. The van der Waals surface area contributed by atoms with Gasteiger partial charge in [-0.1, -0.05) is 24.3 Å². The summed E-state index contributed by atoms with van der Waals surface area (Å²) in [7, 11) is 0. The lowest BCUT2D eigenvalue weighted by Crippen LogP contribution is -2.40. The number of benzene rings is 1. The van der Waals surface area contributed by atoms with E-state index >= 15 is 0 Å². The molecule has 1 aliphatic heterocycles. The van der Waals surface area contributed by atoms with E-state index < -0.39 is 0 Å². The van der Waals surface area contributed by atoms with E-state index in [1.165, 1.54) is 6.07 Å². The van der Waals surface area contributed by atoms with Gasteiger partial charge in [-0.25, -0.2) is 4.39 Å². The van der Waals surface area contributed by atoms with Crippen LogP contribution in [-0.2, 0) is 25.8 Å². The maximum atomic E-state index is 13.9. The second-order valence-electron chi connectivity index (χ2n) is 7.88. The summed E-state index contributed by atoms with van der Waals surface area (Å²) in [5.74, 6) is 1.88. The van der Waals surface area contributed by atoms with Crippen molar-refractivity contribution in [3.63, 3.8) is 0 Å². The maximum absolute atomic E-state index is 13.9. The summed E-state index contributed by atoms with van der Waals surface area (Å²) in [6, 6.07) is 7.20. The third-order valence-electron chi connectivity index (χ3n) is 5.93. The maximum Gasteiger partial charge on any atom is 0.274 e. The van der Waals surface area contributed by atoms with Gasteiger partial charge in [0.1, 0.15) is 5.82 Å². The zero-order chi connectivity index (χ0) is 20.9. The smallest absolute Gasteiger partial charge is 0.274 e. The Hall–Kier alpha value is -2.12. The second kappa shape index (κ2) is 9.79. The van der Waals surface area contributed by atoms with E-state index in [1.54, 1.807) is 6.07 Å². The van der Waals surface area contributed by atoms with Crippen molar-refractivity contribution < 1.29 is 9.18 Å². The number of halogens is 1. The molecule has 7 heteroatoms. The number of hydrogen-bond donors (Lipinski definition) is 1. The second-order valence-corrected chi connectivity index (χ2v) is 9.11. The first-order valence-electron chi connectivity index (χ1n) is 10.7. The largest absolute Gasteiger partial charge is 0.336 e. The van der Waals surface area contributed by atoms with Crippen LogP contribution < -0.4 is 5.32 Å². The van der Waals surface area contributed by atoms with Crippen LogP contribution in [0.3, 0.4) is 0 Å². The first-order valence-corrected chi connectivity index (χ1v) is 11.9. The minimum atomic E-state index is -0.150. The predicted molar refractivity (Wildman–Crippen MR) is 120 cm³/mol. The zero-order valence-corrected chi connectivity index (χ0v) is 18.1. The SMILES string of the molecule is C=CCn1nc(C(=O)N2CCSCC2)c2c1CC[C@@H](NCCc1ccccc1F)C2. The molecular weight excluding hydrogens is 399 g/mol. The van der Waals surface area contributed by atoms with Gasteiger partial charge in [0, 0.05) is 41.9 Å². The molecule has 30 heavy (non-hydrogen) atoms. The van der Waals surface area contributed by atoms with Crippen molar-refractivity contribution in [1.82, 2.24) is 20.0 Å². The van der Waals surface area contributed by atoms with Crippen molar-refractivity contribution in [1.29, 1.82) is 0 Å². The van der Waals surface area contributed by atoms with E-state index in [-0.39, 0.29) is 17.8 Å². The van der Waals surface area contributed by atoms with Gasteiger partial charge in [-0.2, -0.15) is 16.9 Å². The summed E-state index contributed by atoms with van der Waals surface area (Å²) >= 11 is 1.89. The van der Waals surface area contributed by atoms with Gasteiger partial charge in [0.2, 0.25) is 0 Å². The van der Waals surface area contributed by atoms with Gasteiger partial charge in [-0.05, 0) is 43.9 Å². The van der Waals surface area contributed by atoms with Crippen LogP contribution in [0.2, 0.25) is 0 Å². The zero-order valence-electron chi connectivity index (χ0n) is 17.3. The Labute approximate surface area is 181 Å². The van der Waals surface area contributed by atoms with E-state index in [1.807, 2.05) is 39.6 Å². The number of allylic oxidation sites excluding steroid dienone is 1. The van der Waals surface area contributed by atoms with Gasteiger partial charge in [-0.3, -0.25) is 9.48 Å². The van der Waals surface area contributed by atoms with E-state index in [0.717, 1.165) is 60.7 Å². The van der Waals surface area contributed by atoms with Crippen LogP contribution in [0.15, 0.2) is 36.9 Å². The first kappa shape index (κ1) is 21.1. The molecule has 160 valence electrons. The number of hydrogen-bond acceptors (Lipinski definition) is 4. The molecule has 1 aromatic carbocycles. The molecule has 0 radical (unpaired) electrons. The minimum Gasteiger partial charge on any atom is -0.336 e. The van der Waals surface area contributed by atoms with Gasteiger partial charge in [0.05, 0.1) is 6.54 Å². The van der Waals surface area contributed by atoms with Gasteiger partial charge < -0.3 is 10.2 Å². The fourth-order valence-electron chi connectivity index (χ4n) is 4.34. The highest BCUT2D eigenvalue weighted by atomic mass is 32.2. The lowest BCUT2D eigenvalue weighted by atomic mass is 9.91. The molecule has 1 atom stereocenters. The molecule has 0 saturated carbocycles. The number of aromatic nitrogens is 2. The van der Waals surface area contributed by atoms with Gasteiger partial charge >= 0.3 is 0 Å².